The number of carbonyl (C=O) groups is 1. The molecule has 1 aromatic carbocycles. The van der Waals surface area contributed by atoms with Gasteiger partial charge in [-0.3, -0.25) is 9.48 Å². The predicted octanol–water partition coefficient (Wildman–Crippen LogP) is 2.97. The molecule has 128 valence electrons. The molecule has 0 unspecified atom stereocenters. The van der Waals surface area contributed by atoms with Gasteiger partial charge in [-0.15, -0.1) is 0 Å². The number of ether oxygens (including phenoxy) is 2. The molecular formula is C18H23N3O3. The first-order valence-corrected chi connectivity index (χ1v) is 7.94. The number of nitrogens with one attached hydrogen (secondary N) is 1. The Kier molecular flexibility index (Phi) is 7.04. The molecule has 0 fully saturated rings. The second-order valence-corrected chi connectivity index (χ2v) is 5.22. The maximum Gasteiger partial charge on any atom is 0.248 e. The summed E-state index contributed by atoms with van der Waals surface area (Å²) in [4.78, 5) is 11.9. The first-order valence-electron chi connectivity index (χ1n) is 7.94. The van der Waals surface area contributed by atoms with Crippen molar-refractivity contribution < 1.29 is 14.3 Å². The smallest absolute Gasteiger partial charge is 0.248 e. The summed E-state index contributed by atoms with van der Waals surface area (Å²) in [6.07, 6.45) is 7.61. The largest absolute Gasteiger partial charge is 0.494 e. The van der Waals surface area contributed by atoms with Gasteiger partial charge >= 0.3 is 0 Å². The van der Waals surface area contributed by atoms with Crippen LogP contribution in [0.2, 0.25) is 0 Å². The van der Waals surface area contributed by atoms with Crippen LogP contribution in [0.25, 0.3) is 6.08 Å². The number of benzene rings is 1. The van der Waals surface area contributed by atoms with Gasteiger partial charge in [0.2, 0.25) is 5.91 Å². The zero-order valence-electron chi connectivity index (χ0n) is 14.1. The van der Waals surface area contributed by atoms with Gasteiger partial charge in [-0.2, -0.15) is 5.10 Å². The molecule has 0 aliphatic rings. The van der Waals surface area contributed by atoms with E-state index in [0.717, 1.165) is 17.7 Å². The van der Waals surface area contributed by atoms with Crippen LogP contribution in [-0.4, -0.2) is 36.0 Å². The molecular weight excluding hydrogens is 306 g/mol. The average Bonchev–Trinajstić information content (AvgIpc) is 3.04. The summed E-state index contributed by atoms with van der Waals surface area (Å²) in [5.41, 5.74) is 1.59. The van der Waals surface area contributed by atoms with E-state index < -0.39 is 0 Å². The highest BCUT2D eigenvalue weighted by Gasteiger charge is 2.01. The number of hydrogen-bond acceptors (Lipinski definition) is 4. The first kappa shape index (κ1) is 17.7. The van der Waals surface area contributed by atoms with E-state index in [4.69, 9.17) is 9.47 Å². The van der Waals surface area contributed by atoms with Gasteiger partial charge in [-0.1, -0.05) is 19.1 Å². The second-order valence-electron chi connectivity index (χ2n) is 5.22. The Hall–Kier alpha value is -2.60. The lowest BCUT2D eigenvalue weighted by Crippen LogP contribution is -2.07. The molecule has 0 saturated heterocycles. The zero-order valence-corrected chi connectivity index (χ0v) is 14.1. The predicted molar refractivity (Wildman–Crippen MR) is 94.0 cm³/mol. The average molecular weight is 329 g/mol. The lowest BCUT2D eigenvalue weighted by atomic mass is 10.2. The molecule has 2 rings (SSSR count). The Morgan fingerprint density at radius 1 is 1.29 bits per heavy atom. The minimum Gasteiger partial charge on any atom is -0.494 e. The van der Waals surface area contributed by atoms with Gasteiger partial charge in [0.15, 0.2) is 0 Å². The van der Waals surface area contributed by atoms with Crippen molar-refractivity contribution in [1.29, 1.82) is 0 Å². The van der Waals surface area contributed by atoms with Crippen molar-refractivity contribution in [2.75, 3.05) is 25.6 Å². The molecule has 1 heterocycles. The van der Waals surface area contributed by atoms with Gasteiger partial charge in [0.05, 0.1) is 31.6 Å². The molecule has 6 nitrogen and oxygen atoms in total. The van der Waals surface area contributed by atoms with Gasteiger partial charge < -0.3 is 14.8 Å². The third kappa shape index (κ3) is 5.89. The number of carbonyl (C=O) groups excluding carboxylic acids is 1. The van der Waals surface area contributed by atoms with E-state index in [1.54, 1.807) is 30.3 Å². The highest BCUT2D eigenvalue weighted by atomic mass is 16.5. The Bertz CT molecular complexity index is 662. The molecule has 24 heavy (non-hydrogen) atoms. The van der Waals surface area contributed by atoms with E-state index >= 15 is 0 Å². The van der Waals surface area contributed by atoms with Crippen LogP contribution < -0.4 is 10.1 Å². The van der Waals surface area contributed by atoms with Crippen LogP contribution in [0.15, 0.2) is 42.7 Å². The summed E-state index contributed by atoms with van der Waals surface area (Å²) in [7, 11) is 1.64. The highest BCUT2D eigenvalue weighted by Crippen LogP contribution is 2.13. The summed E-state index contributed by atoms with van der Waals surface area (Å²) in [5, 5.41) is 6.92. The second kappa shape index (κ2) is 9.52. The van der Waals surface area contributed by atoms with E-state index in [-0.39, 0.29) is 5.91 Å². The van der Waals surface area contributed by atoms with Gasteiger partial charge in [0.1, 0.15) is 5.75 Å². The summed E-state index contributed by atoms with van der Waals surface area (Å²) in [5.74, 6) is 0.634. The number of aromatic nitrogens is 2. The maximum absolute atomic E-state index is 11.9. The standard InChI is InChI=1S/C18H23N3O3/c1-3-11-24-17-7-4-15(5-8-17)6-9-18(22)20-16-13-19-21(14-16)10-12-23-2/h4-9,13-14H,3,10-12H2,1-2H3,(H,20,22)/b9-6+. The lowest BCUT2D eigenvalue weighted by Gasteiger charge is -2.04. The molecule has 1 amide bonds. The summed E-state index contributed by atoms with van der Waals surface area (Å²) >= 11 is 0. The van der Waals surface area contributed by atoms with Gasteiger partial charge in [0.25, 0.3) is 0 Å². The molecule has 0 bridgehead atoms. The van der Waals surface area contributed by atoms with E-state index in [0.29, 0.717) is 25.4 Å². The molecule has 0 aliphatic heterocycles. The molecule has 0 atom stereocenters. The number of amides is 1. The highest BCUT2D eigenvalue weighted by molar-refractivity contribution is 6.01. The van der Waals surface area contributed by atoms with E-state index in [9.17, 15) is 4.79 Å². The van der Waals surface area contributed by atoms with Crippen molar-refractivity contribution in [3.8, 4) is 5.75 Å². The van der Waals surface area contributed by atoms with Crippen LogP contribution in [0.5, 0.6) is 5.75 Å². The fraction of sp³-hybridized carbons (Fsp3) is 0.333. The topological polar surface area (TPSA) is 65.4 Å². The first-order chi connectivity index (χ1) is 11.7. The SMILES string of the molecule is CCCOc1ccc(/C=C/C(=O)Nc2cnn(CCOC)c2)cc1. The number of hydrogen-bond donors (Lipinski definition) is 1. The van der Waals surface area contributed by atoms with Crippen molar-refractivity contribution >= 4 is 17.7 Å². The third-order valence-electron chi connectivity index (χ3n) is 3.21. The fourth-order valence-corrected chi connectivity index (χ4v) is 1.99. The number of rotatable bonds is 9. The molecule has 0 aliphatic carbocycles. The van der Waals surface area contributed by atoms with Crippen molar-refractivity contribution in [1.82, 2.24) is 9.78 Å². The van der Waals surface area contributed by atoms with Crippen LogP contribution in [0.1, 0.15) is 18.9 Å². The maximum atomic E-state index is 11.9. The van der Waals surface area contributed by atoms with Crippen LogP contribution >= 0.6 is 0 Å². The minimum atomic E-state index is -0.201. The van der Waals surface area contributed by atoms with Crippen molar-refractivity contribution in [3.05, 3.63) is 48.3 Å². The quantitative estimate of drug-likeness (QED) is 0.718. The zero-order chi connectivity index (χ0) is 17.2. The van der Waals surface area contributed by atoms with E-state index in [1.807, 2.05) is 24.3 Å². The van der Waals surface area contributed by atoms with Gasteiger partial charge in [-0.25, -0.2) is 0 Å². The Labute approximate surface area is 142 Å². The van der Waals surface area contributed by atoms with Gasteiger partial charge in [-0.05, 0) is 30.2 Å². The van der Waals surface area contributed by atoms with Crippen molar-refractivity contribution in [2.45, 2.75) is 19.9 Å². The Morgan fingerprint density at radius 2 is 2.08 bits per heavy atom. The molecule has 1 N–H and O–H groups in total. The summed E-state index contributed by atoms with van der Waals surface area (Å²) < 4.78 is 12.2. The summed E-state index contributed by atoms with van der Waals surface area (Å²) in [6.45, 7) is 3.99. The summed E-state index contributed by atoms with van der Waals surface area (Å²) in [6, 6.07) is 7.62. The third-order valence-corrected chi connectivity index (χ3v) is 3.21. The molecule has 0 saturated carbocycles. The molecule has 0 radical (unpaired) electrons. The van der Waals surface area contributed by atoms with Crippen LogP contribution in [-0.2, 0) is 16.1 Å². The lowest BCUT2D eigenvalue weighted by molar-refractivity contribution is -0.111. The van der Waals surface area contributed by atoms with Crippen LogP contribution in [0.3, 0.4) is 0 Å². The molecule has 0 spiro atoms. The van der Waals surface area contributed by atoms with Gasteiger partial charge in [0, 0.05) is 19.4 Å². The molecule has 2 aromatic rings. The number of anilines is 1. The van der Waals surface area contributed by atoms with Crippen molar-refractivity contribution in [3.63, 3.8) is 0 Å². The normalized spacial score (nSPS) is 10.9. The van der Waals surface area contributed by atoms with Crippen molar-refractivity contribution in [2.24, 2.45) is 0 Å². The Morgan fingerprint density at radius 3 is 2.79 bits per heavy atom. The molecule has 6 heteroatoms. The molecule has 1 aromatic heterocycles. The van der Waals surface area contributed by atoms with Crippen LogP contribution in [0.4, 0.5) is 5.69 Å². The Balaban J connectivity index is 1.84. The minimum absolute atomic E-state index is 0.201. The number of methoxy groups -OCH3 is 1. The van der Waals surface area contributed by atoms with E-state index in [1.165, 1.54) is 6.08 Å². The number of nitrogens with zero attached hydrogens (tertiary/aromatic N) is 2. The van der Waals surface area contributed by atoms with Crippen LogP contribution in [0, 0.1) is 0 Å². The fourth-order valence-electron chi connectivity index (χ4n) is 1.99. The monoisotopic (exact) mass is 329 g/mol. The van der Waals surface area contributed by atoms with E-state index in [2.05, 4.69) is 17.3 Å².